The van der Waals surface area contributed by atoms with Gasteiger partial charge in [0.15, 0.2) is 0 Å². The standard InChI is InChI=1S/C12H17NS2/c1-8-5-12(13)11-6-10(14-2)4-3-9(11)7-15-8/h3-4,6,8,12H,5,7,13H2,1-2H3/t8?,12-/m0/s1. The second-order valence-electron chi connectivity index (χ2n) is 4.03. The van der Waals surface area contributed by atoms with Gasteiger partial charge in [-0.2, -0.15) is 11.8 Å². The average Bonchev–Trinajstić information content (AvgIpc) is 2.38. The summed E-state index contributed by atoms with van der Waals surface area (Å²) in [7, 11) is 0. The summed E-state index contributed by atoms with van der Waals surface area (Å²) in [5.74, 6) is 1.11. The van der Waals surface area contributed by atoms with Crippen LogP contribution in [0.5, 0.6) is 0 Å². The molecule has 0 fully saturated rings. The van der Waals surface area contributed by atoms with E-state index in [9.17, 15) is 0 Å². The lowest BCUT2D eigenvalue weighted by Crippen LogP contribution is -2.14. The van der Waals surface area contributed by atoms with Gasteiger partial charge in [-0.05, 0) is 35.9 Å². The van der Waals surface area contributed by atoms with Crippen molar-refractivity contribution in [2.45, 2.75) is 35.3 Å². The van der Waals surface area contributed by atoms with Gasteiger partial charge in [0, 0.05) is 21.9 Å². The molecule has 0 bridgehead atoms. The molecule has 0 radical (unpaired) electrons. The fourth-order valence-corrected chi connectivity index (χ4v) is 3.48. The molecule has 0 saturated carbocycles. The van der Waals surface area contributed by atoms with Crippen LogP contribution in [-0.4, -0.2) is 11.5 Å². The lowest BCUT2D eigenvalue weighted by Gasteiger charge is -2.14. The molecule has 0 saturated heterocycles. The Hall–Kier alpha value is -0.120. The highest BCUT2D eigenvalue weighted by Crippen LogP contribution is 2.35. The number of benzene rings is 1. The number of hydrogen-bond acceptors (Lipinski definition) is 3. The van der Waals surface area contributed by atoms with E-state index in [2.05, 4.69) is 31.4 Å². The van der Waals surface area contributed by atoms with Crippen molar-refractivity contribution in [3.8, 4) is 0 Å². The molecule has 2 N–H and O–H groups in total. The largest absolute Gasteiger partial charge is 0.324 e. The fourth-order valence-electron chi connectivity index (χ4n) is 1.96. The Bertz CT molecular complexity index is 351. The van der Waals surface area contributed by atoms with E-state index in [-0.39, 0.29) is 6.04 Å². The van der Waals surface area contributed by atoms with Gasteiger partial charge in [0.25, 0.3) is 0 Å². The van der Waals surface area contributed by atoms with Gasteiger partial charge in [-0.15, -0.1) is 11.8 Å². The smallest absolute Gasteiger partial charge is 0.0308 e. The molecule has 15 heavy (non-hydrogen) atoms. The molecule has 1 aliphatic rings. The molecular formula is C12H17NS2. The van der Waals surface area contributed by atoms with Gasteiger partial charge in [-0.25, -0.2) is 0 Å². The number of nitrogens with two attached hydrogens (primary N) is 1. The first-order valence-electron chi connectivity index (χ1n) is 5.24. The van der Waals surface area contributed by atoms with Crippen LogP contribution in [0.3, 0.4) is 0 Å². The number of fused-ring (bicyclic) bond motifs is 1. The second-order valence-corrected chi connectivity index (χ2v) is 6.33. The van der Waals surface area contributed by atoms with Crippen LogP contribution < -0.4 is 5.73 Å². The van der Waals surface area contributed by atoms with E-state index in [1.807, 2.05) is 11.8 Å². The molecule has 1 aromatic carbocycles. The van der Waals surface area contributed by atoms with E-state index in [1.165, 1.54) is 16.0 Å². The lowest BCUT2D eigenvalue weighted by molar-refractivity contribution is 0.650. The third kappa shape index (κ3) is 2.52. The Morgan fingerprint density at radius 3 is 3.00 bits per heavy atom. The lowest BCUT2D eigenvalue weighted by atomic mass is 9.99. The van der Waals surface area contributed by atoms with E-state index >= 15 is 0 Å². The maximum atomic E-state index is 6.24. The molecule has 1 heterocycles. The Labute approximate surface area is 100 Å². The average molecular weight is 239 g/mol. The third-order valence-electron chi connectivity index (χ3n) is 2.86. The fraction of sp³-hybridized carbons (Fsp3) is 0.500. The van der Waals surface area contributed by atoms with Crippen LogP contribution in [-0.2, 0) is 5.75 Å². The highest BCUT2D eigenvalue weighted by atomic mass is 32.2. The molecule has 0 spiro atoms. The number of rotatable bonds is 1. The predicted molar refractivity (Wildman–Crippen MR) is 70.5 cm³/mol. The van der Waals surface area contributed by atoms with Crippen LogP contribution in [0.4, 0.5) is 0 Å². The van der Waals surface area contributed by atoms with Gasteiger partial charge in [0.05, 0.1) is 0 Å². The topological polar surface area (TPSA) is 26.0 Å². The van der Waals surface area contributed by atoms with Gasteiger partial charge < -0.3 is 5.73 Å². The van der Waals surface area contributed by atoms with E-state index in [4.69, 9.17) is 5.73 Å². The molecule has 2 atom stereocenters. The van der Waals surface area contributed by atoms with Crippen molar-refractivity contribution < 1.29 is 0 Å². The predicted octanol–water partition coefficient (Wildman–Crippen LogP) is 3.43. The van der Waals surface area contributed by atoms with Crippen molar-refractivity contribution >= 4 is 23.5 Å². The summed E-state index contributed by atoms with van der Waals surface area (Å²) in [5, 5.41) is 0.671. The van der Waals surface area contributed by atoms with Crippen LogP contribution in [0.25, 0.3) is 0 Å². The van der Waals surface area contributed by atoms with E-state index in [0.717, 1.165) is 12.2 Å². The van der Waals surface area contributed by atoms with Crippen LogP contribution in [0.15, 0.2) is 23.1 Å². The number of hydrogen-bond donors (Lipinski definition) is 1. The summed E-state index contributed by atoms with van der Waals surface area (Å²) in [5.41, 5.74) is 9.02. The molecule has 82 valence electrons. The quantitative estimate of drug-likeness (QED) is 0.760. The zero-order chi connectivity index (χ0) is 10.8. The minimum absolute atomic E-state index is 0.220. The summed E-state index contributed by atoms with van der Waals surface area (Å²) >= 11 is 3.80. The summed E-state index contributed by atoms with van der Waals surface area (Å²) in [6.07, 6.45) is 3.21. The first kappa shape index (κ1) is 11.4. The summed E-state index contributed by atoms with van der Waals surface area (Å²) in [6.45, 7) is 2.27. The van der Waals surface area contributed by atoms with E-state index < -0.39 is 0 Å². The molecule has 0 aromatic heterocycles. The summed E-state index contributed by atoms with van der Waals surface area (Å²) < 4.78 is 0. The monoisotopic (exact) mass is 239 g/mol. The normalized spacial score (nSPS) is 25.8. The second kappa shape index (κ2) is 4.81. The van der Waals surface area contributed by atoms with E-state index in [1.54, 1.807) is 11.8 Å². The highest BCUT2D eigenvalue weighted by molar-refractivity contribution is 7.99. The third-order valence-corrected chi connectivity index (χ3v) is 4.83. The molecule has 0 amide bonds. The zero-order valence-corrected chi connectivity index (χ0v) is 10.8. The van der Waals surface area contributed by atoms with Gasteiger partial charge in [0.1, 0.15) is 0 Å². The Balaban J connectivity index is 2.36. The maximum Gasteiger partial charge on any atom is 0.0308 e. The molecule has 1 aliphatic heterocycles. The minimum atomic E-state index is 0.220. The molecule has 1 nitrogen and oxygen atoms in total. The number of thioether (sulfide) groups is 2. The highest BCUT2D eigenvalue weighted by Gasteiger charge is 2.19. The Morgan fingerprint density at radius 2 is 2.27 bits per heavy atom. The van der Waals surface area contributed by atoms with Crippen LogP contribution >= 0.6 is 23.5 Å². The van der Waals surface area contributed by atoms with Crippen molar-refractivity contribution in [1.82, 2.24) is 0 Å². The van der Waals surface area contributed by atoms with Gasteiger partial charge >= 0.3 is 0 Å². The zero-order valence-electron chi connectivity index (χ0n) is 9.19. The Morgan fingerprint density at radius 1 is 1.47 bits per heavy atom. The van der Waals surface area contributed by atoms with Crippen LogP contribution in [0.1, 0.15) is 30.5 Å². The van der Waals surface area contributed by atoms with Crippen LogP contribution in [0.2, 0.25) is 0 Å². The van der Waals surface area contributed by atoms with Crippen molar-refractivity contribution in [3.05, 3.63) is 29.3 Å². The summed E-state index contributed by atoms with van der Waals surface area (Å²) in [4.78, 5) is 1.32. The van der Waals surface area contributed by atoms with Crippen molar-refractivity contribution in [2.24, 2.45) is 5.73 Å². The Kier molecular flexibility index (Phi) is 3.65. The SMILES string of the molecule is CSc1ccc2c(c1)[C@@H](N)CC(C)SC2. The maximum absolute atomic E-state index is 6.24. The van der Waals surface area contributed by atoms with Crippen LogP contribution in [0, 0.1) is 0 Å². The molecule has 0 aliphatic carbocycles. The first-order valence-corrected chi connectivity index (χ1v) is 7.52. The van der Waals surface area contributed by atoms with E-state index in [0.29, 0.717) is 5.25 Å². The molecule has 3 heteroatoms. The van der Waals surface area contributed by atoms with Gasteiger partial charge in [0.2, 0.25) is 0 Å². The first-order chi connectivity index (χ1) is 7.20. The minimum Gasteiger partial charge on any atom is -0.324 e. The van der Waals surface area contributed by atoms with Gasteiger partial charge in [-0.1, -0.05) is 13.0 Å². The van der Waals surface area contributed by atoms with Crippen molar-refractivity contribution in [2.75, 3.05) is 6.26 Å². The summed E-state index contributed by atoms with van der Waals surface area (Å²) in [6, 6.07) is 6.93. The molecule has 1 unspecified atom stereocenters. The molecule has 1 aromatic rings. The van der Waals surface area contributed by atoms with Gasteiger partial charge in [-0.3, -0.25) is 0 Å². The van der Waals surface area contributed by atoms with Crippen molar-refractivity contribution in [1.29, 1.82) is 0 Å². The van der Waals surface area contributed by atoms with Crippen molar-refractivity contribution in [3.63, 3.8) is 0 Å². The molecular weight excluding hydrogens is 222 g/mol. The molecule has 2 rings (SSSR count).